The number of rotatable bonds is 3. The summed E-state index contributed by atoms with van der Waals surface area (Å²) in [6.45, 7) is 0.682. The summed E-state index contributed by atoms with van der Waals surface area (Å²) < 4.78 is 42.5. The van der Waals surface area contributed by atoms with Crippen molar-refractivity contribution >= 4 is 5.91 Å². The van der Waals surface area contributed by atoms with E-state index in [1.807, 2.05) is 0 Å². The van der Waals surface area contributed by atoms with Crippen LogP contribution >= 0.6 is 0 Å². The minimum atomic E-state index is -4.87. The molecule has 1 aliphatic rings. The monoisotopic (exact) mass is 302 g/mol. The summed E-state index contributed by atoms with van der Waals surface area (Å²) in [5.41, 5.74) is 0.743. The van der Waals surface area contributed by atoms with Gasteiger partial charge in [0.15, 0.2) is 0 Å². The number of para-hydroxylation sites is 1. The van der Waals surface area contributed by atoms with Gasteiger partial charge in [0.25, 0.3) is 0 Å². The molecular weight excluding hydrogens is 285 g/mol. The fourth-order valence-electron chi connectivity index (χ4n) is 2.54. The van der Waals surface area contributed by atoms with Crippen LogP contribution in [0.5, 0.6) is 5.75 Å². The van der Waals surface area contributed by atoms with E-state index in [-0.39, 0.29) is 0 Å². The third-order valence-corrected chi connectivity index (χ3v) is 3.51. The molecule has 1 amide bonds. The van der Waals surface area contributed by atoms with E-state index in [4.69, 9.17) is 4.74 Å². The lowest BCUT2D eigenvalue weighted by molar-refractivity contribution is -0.174. The van der Waals surface area contributed by atoms with Crippen molar-refractivity contribution in [3.05, 3.63) is 29.8 Å². The van der Waals surface area contributed by atoms with Gasteiger partial charge in [-0.1, -0.05) is 18.2 Å². The van der Waals surface area contributed by atoms with Crippen LogP contribution in [-0.4, -0.2) is 31.8 Å². The van der Waals surface area contributed by atoms with Crippen LogP contribution in [0.4, 0.5) is 13.2 Å². The second-order valence-corrected chi connectivity index (χ2v) is 4.89. The first-order chi connectivity index (χ1) is 9.93. The van der Waals surface area contributed by atoms with E-state index in [9.17, 15) is 18.0 Å². The predicted molar refractivity (Wildman–Crippen MR) is 71.0 cm³/mol. The number of carbonyl (C=O) groups is 1. The fourth-order valence-corrected chi connectivity index (χ4v) is 2.54. The number of amides is 1. The number of hydrogen-bond donors (Lipinski definition) is 2. The van der Waals surface area contributed by atoms with E-state index in [0.717, 1.165) is 5.56 Å². The van der Waals surface area contributed by atoms with E-state index in [1.165, 1.54) is 7.11 Å². The average molecular weight is 302 g/mol. The Hall–Kier alpha value is -1.76. The van der Waals surface area contributed by atoms with Crippen LogP contribution in [0, 0.1) is 0 Å². The van der Waals surface area contributed by atoms with E-state index in [0.29, 0.717) is 25.1 Å². The number of ether oxygens (including phenoxy) is 1. The Morgan fingerprint density at radius 3 is 2.76 bits per heavy atom. The highest BCUT2D eigenvalue weighted by atomic mass is 19.4. The van der Waals surface area contributed by atoms with Gasteiger partial charge in [-0.05, 0) is 25.5 Å². The third-order valence-electron chi connectivity index (χ3n) is 3.51. The zero-order valence-corrected chi connectivity index (χ0v) is 11.5. The number of methoxy groups -OCH3 is 1. The number of benzene rings is 1. The van der Waals surface area contributed by atoms with Crippen molar-refractivity contribution in [2.45, 2.75) is 31.1 Å². The topological polar surface area (TPSA) is 50.4 Å². The van der Waals surface area contributed by atoms with Gasteiger partial charge in [0.2, 0.25) is 0 Å². The molecule has 0 saturated carbocycles. The van der Waals surface area contributed by atoms with Gasteiger partial charge in [0.1, 0.15) is 5.75 Å². The van der Waals surface area contributed by atoms with Crippen molar-refractivity contribution < 1.29 is 22.7 Å². The number of nitrogens with one attached hydrogen (secondary N) is 2. The van der Waals surface area contributed by atoms with Crippen molar-refractivity contribution in [3.8, 4) is 5.75 Å². The second kappa shape index (κ2) is 6.34. The minimum absolute atomic E-state index is 0.402. The van der Waals surface area contributed by atoms with Gasteiger partial charge in [0, 0.05) is 11.6 Å². The summed E-state index contributed by atoms with van der Waals surface area (Å²) in [5, 5.41) is 5.23. The molecule has 0 spiro atoms. The molecule has 0 aromatic heterocycles. The summed E-state index contributed by atoms with van der Waals surface area (Å²) in [5.74, 6) is -1.32. The molecule has 2 rings (SSSR count). The van der Waals surface area contributed by atoms with E-state index < -0.39 is 24.2 Å². The van der Waals surface area contributed by atoms with Crippen LogP contribution in [0.15, 0.2) is 24.3 Å². The molecule has 116 valence electrons. The molecule has 2 N–H and O–H groups in total. The van der Waals surface area contributed by atoms with Crippen LogP contribution in [0.25, 0.3) is 0 Å². The molecule has 4 nitrogen and oxygen atoms in total. The van der Waals surface area contributed by atoms with Crippen molar-refractivity contribution in [2.75, 3.05) is 13.7 Å². The number of halogens is 3. The molecule has 0 radical (unpaired) electrons. The lowest BCUT2D eigenvalue weighted by atomic mass is 9.91. The highest BCUT2D eigenvalue weighted by molar-refractivity contribution is 5.82. The molecule has 1 saturated heterocycles. The largest absolute Gasteiger partial charge is 0.496 e. The lowest BCUT2D eigenvalue weighted by Gasteiger charge is -2.34. The highest BCUT2D eigenvalue weighted by Gasteiger charge is 2.41. The first-order valence-electron chi connectivity index (χ1n) is 6.67. The van der Waals surface area contributed by atoms with Gasteiger partial charge in [-0.3, -0.25) is 4.79 Å². The molecule has 1 aliphatic heterocycles. The number of hydrogen-bond acceptors (Lipinski definition) is 3. The quantitative estimate of drug-likeness (QED) is 0.899. The summed E-state index contributed by atoms with van der Waals surface area (Å²) in [4.78, 5) is 11.2. The molecular formula is C14H17F3N2O2. The van der Waals surface area contributed by atoms with E-state index >= 15 is 0 Å². The number of carbonyl (C=O) groups excluding carboxylic acids is 1. The molecule has 0 bridgehead atoms. The molecule has 1 aromatic rings. The summed E-state index contributed by atoms with van der Waals surface area (Å²) in [7, 11) is 1.50. The van der Waals surface area contributed by atoms with Crippen LogP contribution in [-0.2, 0) is 4.79 Å². The smallest absolute Gasteiger partial charge is 0.471 e. The zero-order valence-electron chi connectivity index (χ0n) is 11.5. The molecule has 2 atom stereocenters. The van der Waals surface area contributed by atoms with Crippen molar-refractivity contribution in [1.82, 2.24) is 10.6 Å². The molecule has 1 fully saturated rings. The van der Waals surface area contributed by atoms with Gasteiger partial charge in [-0.25, -0.2) is 0 Å². The summed E-state index contributed by atoms with van der Waals surface area (Å²) in [6.07, 6.45) is -3.69. The minimum Gasteiger partial charge on any atom is -0.496 e. The Balaban J connectivity index is 2.21. The third kappa shape index (κ3) is 3.66. The van der Waals surface area contributed by atoms with Crippen LogP contribution < -0.4 is 15.4 Å². The van der Waals surface area contributed by atoms with Gasteiger partial charge in [-0.2, -0.15) is 13.2 Å². The Bertz CT molecular complexity index is 505. The first kappa shape index (κ1) is 15.6. The maximum Gasteiger partial charge on any atom is 0.471 e. The molecule has 1 heterocycles. The molecule has 0 aliphatic carbocycles. The molecule has 21 heavy (non-hydrogen) atoms. The fraction of sp³-hybridized carbons (Fsp3) is 0.500. The second-order valence-electron chi connectivity index (χ2n) is 4.89. The van der Waals surface area contributed by atoms with Crippen LogP contribution in [0.3, 0.4) is 0 Å². The Kier molecular flexibility index (Phi) is 4.72. The van der Waals surface area contributed by atoms with Crippen molar-refractivity contribution in [1.29, 1.82) is 0 Å². The SMILES string of the molecule is COc1ccccc1[C@H]1NCCC[C@H]1NC(=O)C(F)(F)F. The normalized spacial score (nSPS) is 22.7. The lowest BCUT2D eigenvalue weighted by Crippen LogP contribution is -2.51. The summed E-state index contributed by atoms with van der Waals surface area (Å²) >= 11 is 0. The molecule has 0 unspecified atom stereocenters. The number of piperidine rings is 1. The van der Waals surface area contributed by atoms with E-state index in [2.05, 4.69) is 10.6 Å². The van der Waals surface area contributed by atoms with Gasteiger partial charge < -0.3 is 15.4 Å². The Morgan fingerprint density at radius 2 is 2.10 bits per heavy atom. The first-order valence-corrected chi connectivity index (χ1v) is 6.67. The molecule has 1 aromatic carbocycles. The van der Waals surface area contributed by atoms with Gasteiger partial charge in [-0.15, -0.1) is 0 Å². The number of alkyl halides is 3. The van der Waals surface area contributed by atoms with Crippen LogP contribution in [0.1, 0.15) is 24.4 Å². The standard InChI is InChI=1S/C14H17F3N2O2/c1-21-11-7-3-2-5-9(11)12-10(6-4-8-18-12)19-13(20)14(15,16)17/h2-3,5,7,10,12,18H,4,6,8H2,1H3,(H,19,20)/t10-,12-/m1/s1. The van der Waals surface area contributed by atoms with Crippen LogP contribution in [0.2, 0.25) is 0 Å². The average Bonchev–Trinajstić information content (AvgIpc) is 2.47. The summed E-state index contributed by atoms with van der Waals surface area (Å²) in [6, 6.07) is 6.08. The predicted octanol–water partition coefficient (Wildman–Crippen LogP) is 2.17. The Labute approximate surface area is 120 Å². The van der Waals surface area contributed by atoms with Gasteiger partial charge >= 0.3 is 12.1 Å². The molecule has 7 heteroatoms. The highest BCUT2D eigenvalue weighted by Crippen LogP contribution is 2.31. The van der Waals surface area contributed by atoms with Gasteiger partial charge in [0.05, 0.1) is 13.2 Å². The zero-order chi connectivity index (χ0) is 15.5. The van der Waals surface area contributed by atoms with Crippen molar-refractivity contribution in [3.63, 3.8) is 0 Å². The Morgan fingerprint density at radius 1 is 1.38 bits per heavy atom. The van der Waals surface area contributed by atoms with E-state index in [1.54, 1.807) is 24.3 Å². The maximum absolute atomic E-state index is 12.4. The van der Waals surface area contributed by atoms with Crippen molar-refractivity contribution in [2.24, 2.45) is 0 Å². The maximum atomic E-state index is 12.4.